The number of aromatic nitrogens is 1. The van der Waals surface area contributed by atoms with Crippen LogP contribution in [0.2, 0.25) is 0 Å². The van der Waals surface area contributed by atoms with Gasteiger partial charge in [-0.1, -0.05) is 13.8 Å². The van der Waals surface area contributed by atoms with Crippen LogP contribution < -0.4 is 5.73 Å². The van der Waals surface area contributed by atoms with Crippen LogP contribution in [0.4, 0.5) is 5.69 Å². The summed E-state index contributed by atoms with van der Waals surface area (Å²) in [4.78, 5) is 15.5. The van der Waals surface area contributed by atoms with E-state index in [4.69, 9.17) is 11.0 Å². The number of hydrogen-bond acceptors (Lipinski definition) is 4. The Labute approximate surface area is 172 Å². The van der Waals surface area contributed by atoms with Gasteiger partial charge < -0.3 is 10.3 Å². The molecule has 0 spiro atoms. The Morgan fingerprint density at radius 1 is 1.10 bits per heavy atom. The summed E-state index contributed by atoms with van der Waals surface area (Å²) in [6, 6.07) is 15.3. The van der Waals surface area contributed by atoms with Crippen molar-refractivity contribution in [2.45, 2.75) is 33.6 Å². The van der Waals surface area contributed by atoms with E-state index in [1.165, 1.54) is 6.42 Å². The second-order valence-corrected chi connectivity index (χ2v) is 7.49. The molecule has 2 N–H and O–H groups in total. The van der Waals surface area contributed by atoms with E-state index in [0.29, 0.717) is 17.8 Å². The average Bonchev–Trinajstić information content (AvgIpc) is 3.00. The lowest BCUT2D eigenvalue weighted by Crippen LogP contribution is -2.34. The van der Waals surface area contributed by atoms with E-state index < -0.39 is 0 Å². The summed E-state index contributed by atoms with van der Waals surface area (Å²) in [6.07, 6.45) is 3.57. The van der Waals surface area contributed by atoms with Gasteiger partial charge in [-0.25, -0.2) is 0 Å². The smallest absolute Gasteiger partial charge is 0.179 e. The average molecular weight is 389 g/mol. The lowest BCUT2D eigenvalue weighted by Gasteiger charge is -2.25. The molecule has 1 aliphatic heterocycles. The zero-order valence-corrected chi connectivity index (χ0v) is 16.1. The number of fused-ring (bicyclic) bond motifs is 1. The van der Waals surface area contributed by atoms with E-state index in [2.05, 4.69) is 15.5 Å². The van der Waals surface area contributed by atoms with Gasteiger partial charge in [0.15, 0.2) is 5.78 Å². The second-order valence-electron chi connectivity index (χ2n) is 7.49. The first-order valence-electron chi connectivity index (χ1n) is 9.75. The molecule has 1 fully saturated rings. The molecule has 1 aromatic heterocycles. The van der Waals surface area contributed by atoms with Crippen molar-refractivity contribution in [2.75, 3.05) is 25.4 Å². The Kier molecular flexibility index (Phi) is 6.05. The van der Waals surface area contributed by atoms with Gasteiger partial charge in [0.2, 0.25) is 0 Å². The third-order valence-electron chi connectivity index (χ3n) is 5.58. The summed E-state index contributed by atoms with van der Waals surface area (Å²) in [6.45, 7) is 4.41. The van der Waals surface area contributed by atoms with Gasteiger partial charge in [-0.2, -0.15) is 5.26 Å². The third kappa shape index (κ3) is 3.90. The number of carbonyl (C=O) groups excluding carboxylic acids is 1. The fraction of sp³-hybridized carbons (Fsp3) is 0.333. The molecule has 0 bridgehead atoms. The molecule has 3 aromatic rings. The van der Waals surface area contributed by atoms with E-state index in [1.54, 1.807) is 12.1 Å². The molecule has 0 atom stereocenters. The summed E-state index contributed by atoms with van der Waals surface area (Å²) in [5, 5.41) is 9.96. The van der Waals surface area contributed by atoms with Crippen LogP contribution in [0.25, 0.3) is 16.6 Å². The molecule has 2 heterocycles. The number of ketones is 1. The quantitative estimate of drug-likeness (QED) is 0.519. The van der Waals surface area contributed by atoms with E-state index >= 15 is 0 Å². The van der Waals surface area contributed by atoms with Crippen LogP contribution in [-0.2, 0) is 0 Å². The van der Waals surface area contributed by atoms with Crippen molar-refractivity contribution in [1.82, 2.24) is 9.47 Å². The van der Waals surface area contributed by atoms with Gasteiger partial charge >= 0.3 is 0 Å². The predicted octanol–water partition coefficient (Wildman–Crippen LogP) is 4.70. The van der Waals surface area contributed by atoms with Crippen LogP contribution in [0, 0.1) is 18.3 Å². The minimum absolute atomic E-state index is 0. The monoisotopic (exact) mass is 388 g/mol. The summed E-state index contributed by atoms with van der Waals surface area (Å²) >= 11 is 0. The molecule has 2 aromatic carbocycles. The minimum atomic E-state index is 0. The number of Topliss-reactive ketones (excluding diaryl/α,β-unsaturated/α-hetero) is 1. The Morgan fingerprint density at radius 3 is 2.45 bits per heavy atom. The van der Waals surface area contributed by atoms with Crippen molar-refractivity contribution < 1.29 is 4.79 Å². The van der Waals surface area contributed by atoms with Crippen molar-refractivity contribution in [2.24, 2.45) is 0 Å². The fourth-order valence-corrected chi connectivity index (χ4v) is 4.21. The van der Waals surface area contributed by atoms with Gasteiger partial charge in [0.1, 0.15) is 0 Å². The molecule has 4 rings (SSSR count). The van der Waals surface area contributed by atoms with Crippen molar-refractivity contribution >= 4 is 22.4 Å². The maximum absolute atomic E-state index is 13.3. The number of anilines is 1. The molecular weight excluding hydrogens is 360 g/mol. The Hall–Kier alpha value is -3.10. The van der Waals surface area contributed by atoms with Crippen molar-refractivity contribution in [1.29, 1.82) is 5.26 Å². The van der Waals surface area contributed by atoms with Gasteiger partial charge in [-0.05, 0) is 75.3 Å². The first-order chi connectivity index (χ1) is 13.6. The van der Waals surface area contributed by atoms with Gasteiger partial charge in [0, 0.05) is 28.0 Å². The molecule has 29 heavy (non-hydrogen) atoms. The highest BCUT2D eigenvalue weighted by Crippen LogP contribution is 2.31. The van der Waals surface area contributed by atoms with E-state index in [0.717, 1.165) is 53.8 Å². The summed E-state index contributed by atoms with van der Waals surface area (Å²) < 4.78 is 2.08. The van der Waals surface area contributed by atoms with Crippen molar-refractivity contribution in [3.05, 3.63) is 59.3 Å². The summed E-state index contributed by atoms with van der Waals surface area (Å²) in [7, 11) is 0. The molecular formula is C24H28N4O. The first-order valence-corrected chi connectivity index (χ1v) is 9.75. The van der Waals surface area contributed by atoms with Gasteiger partial charge in [-0.3, -0.25) is 9.69 Å². The summed E-state index contributed by atoms with van der Waals surface area (Å²) in [5.41, 5.74) is 10.9. The molecule has 1 aliphatic rings. The molecule has 150 valence electrons. The van der Waals surface area contributed by atoms with Gasteiger partial charge in [0.05, 0.1) is 23.7 Å². The van der Waals surface area contributed by atoms with Crippen molar-refractivity contribution in [3.63, 3.8) is 0 Å². The minimum Gasteiger partial charge on any atom is -0.399 e. The molecule has 0 saturated carbocycles. The maximum Gasteiger partial charge on any atom is 0.179 e. The fourth-order valence-electron chi connectivity index (χ4n) is 4.21. The number of nitrogen functional groups attached to an aromatic ring is 1. The maximum atomic E-state index is 13.3. The molecule has 0 unspecified atom stereocenters. The lowest BCUT2D eigenvalue weighted by atomic mass is 10.0. The normalized spacial score (nSPS) is 14.3. The molecule has 5 heteroatoms. The number of benzene rings is 2. The number of hydrogen-bond donors (Lipinski definition) is 1. The molecule has 1 saturated heterocycles. The van der Waals surface area contributed by atoms with E-state index in [9.17, 15) is 4.79 Å². The van der Waals surface area contributed by atoms with Gasteiger partial charge in [0.25, 0.3) is 0 Å². The largest absolute Gasteiger partial charge is 0.399 e. The van der Waals surface area contributed by atoms with Crippen molar-refractivity contribution in [3.8, 4) is 11.8 Å². The Bertz CT molecular complexity index is 1070. The number of nitriles is 1. The molecule has 0 aliphatic carbocycles. The van der Waals surface area contributed by atoms with Gasteiger partial charge in [-0.15, -0.1) is 0 Å². The number of likely N-dealkylation sites (tertiary alicyclic amines) is 1. The number of carbonyl (C=O) groups is 1. The lowest BCUT2D eigenvalue weighted by molar-refractivity contribution is 0.0916. The second kappa shape index (κ2) is 8.50. The first kappa shape index (κ1) is 20.6. The highest BCUT2D eigenvalue weighted by molar-refractivity contribution is 6.11. The van der Waals surface area contributed by atoms with Crippen LogP contribution in [0.15, 0.2) is 42.5 Å². The summed E-state index contributed by atoms with van der Waals surface area (Å²) in [5.74, 6) is 0.141. The SMILES string of the molecule is C.Cc1c(C(=O)CN2CCCCC2)c2cc(N)ccc2n1-c1ccc(C#N)cc1. The highest BCUT2D eigenvalue weighted by atomic mass is 16.1. The number of piperidine rings is 1. The Balaban J connectivity index is 0.00000240. The van der Waals surface area contributed by atoms with Crippen LogP contribution >= 0.6 is 0 Å². The topological polar surface area (TPSA) is 75.0 Å². The van der Waals surface area contributed by atoms with Crippen LogP contribution in [0.5, 0.6) is 0 Å². The Morgan fingerprint density at radius 2 is 1.79 bits per heavy atom. The zero-order valence-electron chi connectivity index (χ0n) is 16.1. The predicted molar refractivity (Wildman–Crippen MR) is 118 cm³/mol. The number of nitrogens with zero attached hydrogens (tertiary/aromatic N) is 3. The standard InChI is InChI=1S/C23H24N4O.CH4/c1-16-23(22(28)15-26-11-3-2-4-12-26)20-13-18(25)7-10-21(20)27(16)19-8-5-17(14-24)6-9-19;/h5-10,13H,2-4,11-12,15,25H2,1H3;1H4. The van der Waals surface area contributed by atoms with Crippen LogP contribution in [0.3, 0.4) is 0 Å². The van der Waals surface area contributed by atoms with E-state index in [1.807, 2.05) is 37.3 Å². The van der Waals surface area contributed by atoms with E-state index in [-0.39, 0.29) is 13.2 Å². The third-order valence-corrected chi connectivity index (χ3v) is 5.58. The highest BCUT2D eigenvalue weighted by Gasteiger charge is 2.23. The molecule has 0 radical (unpaired) electrons. The zero-order chi connectivity index (χ0) is 19.7. The number of nitrogens with two attached hydrogens (primary N) is 1. The molecule has 0 amide bonds. The number of rotatable bonds is 4. The van der Waals surface area contributed by atoms with Crippen LogP contribution in [0.1, 0.15) is 48.3 Å². The molecule has 5 nitrogen and oxygen atoms in total. The van der Waals surface area contributed by atoms with Crippen LogP contribution in [-0.4, -0.2) is 34.9 Å².